The monoisotopic (exact) mass is 346 g/mol. The summed E-state index contributed by atoms with van der Waals surface area (Å²) in [5.74, 6) is -0.102. The first kappa shape index (κ1) is 16.4. The summed E-state index contributed by atoms with van der Waals surface area (Å²) >= 11 is 1.44. The van der Waals surface area contributed by atoms with E-state index >= 15 is 0 Å². The second kappa shape index (κ2) is 7.39. The molecule has 8 heteroatoms. The number of hydrogen-bond acceptors (Lipinski definition) is 6. The Kier molecular flexibility index (Phi) is 5.05. The zero-order chi connectivity index (χ0) is 16.9. The number of amides is 2. The molecular formula is C16H18N4O3S. The number of aromatic nitrogens is 2. The van der Waals surface area contributed by atoms with Crippen LogP contribution in [0.2, 0.25) is 0 Å². The van der Waals surface area contributed by atoms with E-state index in [0.717, 1.165) is 10.6 Å². The van der Waals surface area contributed by atoms with Crippen molar-refractivity contribution in [3.05, 3.63) is 35.6 Å². The van der Waals surface area contributed by atoms with Gasteiger partial charge in [0.25, 0.3) is 5.91 Å². The molecule has 126 valence electrons. The lowest BCUT2D eigenvalue weighted by Crippen LogP contribution is -2.50. The van der Waals surface area contributed by atoms with Gasteiger partial charge in [-0.15, -0.1) is 11.3 Å². The smallest absolute Gasteiger partial charge is 0.409 e. The summed E-state index contributed by atoms with van der Waals surface area (Å²) in [5.41, 5.74) is 1.39. The molecule has 0 N–H and O–H groups in total. The molecule has 0 atom stereocenters. The molecule has 2 amide bonds. The molecule has 0 saturated carbocycles. The second-order valence-electron chi connectivity index (χ2n) is 5.25. The number of ether oxygens (including phenoxy) is 1. The minimum atomic E-state index is -0.321. The lowest BCUT2D eigenvalue weighted by Gasteiger charge is -2.33. The highest BCUT2D eigenvalue weighted by Gasteiger charge is 2.26. The van der Waals surface area contributed by atoms with Gasteiger partial charge < -0.3 is 14.5 Å². The Morgan fingerprint density at radius 1 is 1.17 bits per heavy atom. The van der Waals surface area contributed by atoms with E-state index in [1.165, 1.54) is 11.3 Å². The molecule has 2 aromatic rings. The van der Waals surface area contributed by atoms with Crippen LogP contribution in [0, 0.1) is 0 Å². The summed E-state index contributed by atoms with van der Waals surface area (Å²) in [6.07, 6.45) is 3.08. The van der Waals surface area contributed by atoms with Crippen LogP contribution < -0.4 is 0 Å². The number of hydrogen-bond donors (Lipinski definition) is 0. The van der Waals surface area contributed by atoms with Crippen molar-refractivity contribution in [3.8, 4) is 10.6 Å². The molecule has 0 spiro atoms. The molecule has 0 unspecified atom stereocenters. The number of thiazole rings is 1. The minimum absolute atomic E-state index is 0.102. The fourth-order valence-electron chi connectivity index (χ4n) is 2.47. The molecule has 0 aliphatic carbocycles. The van der Waals surface area contributed by atoms with Gasteiger partial charge in [-0.1, -0.05) is 0 Å². The number of rotatable bonds is 3. The molecule has 3 heterocycles. The predicted molar refractivity (Wildman–Crippen MR) is 89.8 cm³/mol. The Labute approximate surface area is 143 Å². The lowest BCUT2D eigenvalue weighted by atomic mass is 10.3. The maximum atomic E-state index is 12.6. The molecule has 0 bridgehead atoms. The molecule has 7 nitrogen and oxygen atoms in total. The van der Waals surface area contributed by atoms with Gasteiger partial charge in [-0.05, 0) is 19.1 Å². The maximum absolute atomic E-state index is 12.6. The summed E-state index contributed by atoms with van der Waals surface area (Å²) in [5, 5.41) is 2.57. The van der Waals surface area contributed by atoms with E-state index in [-0.39, 0.29) is 12.0 Å². The molecule has 1 aliphatic rings. The van der Waals surface area contributed by atoms with Gasteiger partial charge in [0.05, 0.1) is 6.61 Å². The first-order valence-corrected chi connectivity index (χ1v) is 8.64. The second-order valence-corrected chi connectivity index (χ2v) is 6.11. The van der Waals surface area contributed by atoms with Crippen molar-refractivity contribution in [2.75, 3.05) is 32.8 Å². The molecule has 1 saturated heterocycles. The van der Waals surface area contributed by atoms with Crippen LogP contribution in [-0.2, 0) is 4.74 Å². The average molecular weight is 346 g/mol. The standard InChI is InChI=1S/C16H18N4O3S/c1-2-23-16(22)20-9-7-19(8-10-20)15(21)13-11-24-14(18-13)12-3-5-17-6-4-12/h3-6,11H,2,7-10H2,1H3. The van der Waals surface area contributed by atoms with E-state index in [2.05, 4.69) is 9.97 Å². The van der Waals surface area contributed by atoms with E-state index in [9.17, 15) is 9.59 Å². The van der Waals surface area contributed by atoms with Gasteiger partial charge in [0.15, 0.2) is 0 Å². The zero-order valence-corrected chi connectivity index (χ0v) is 14.2. The largest absolute Gasteiger partial charge is 0.450 e. The maximum Gasteiger partial charge on any atom is 0.409 e. The molecule has 0 aromatic carbocycles. The van der Waals surface area contributed by atoms with Crippen molar-refractivity contribution in [2.24, 2.45) is 0 Å². The van der Waals surface area contributed by atoms with Gasteiger partial charge in [-0.2, -0.15) is 0 Å². The van der Waals surface area contributed by atoms with E-state index in [0.29, 0.717) is 38.5 Å². The van der Waals surface area contributed by atoms with Gasteiger partial charge in [-0.25, -0.2) is 9.78 Å². The van der Waals surface area contributed by atoms with Crippen LogP contribution in [0.15, 0.2) is 29.9 Å². The summed E-state index contributed by atoms with van der Waals surface area (Å²) in [7, 11) is 0. The molecule has 3 rings (SSSR count). The Morgan fingerprint density at radius 2 is 1.83 bits per heavy atom. The van der Waals surface area contributed by atoms with Crippen LogP contribution in [-0.4, -0.2) is 64.6 Å². The molecule has 1 aliphatic heterocycles. The molecular weight excluding hydrogens is 328 g/mol. The molecule has 24 heavy (non-hydrogen) atoms. The van der Waals surface area contributed by atoms with Crippen molar-refractivity contribution in [3.63, 3.8) is 0 Å². The molecule has 0 radical (unpaired) electrons. The third-order valence-corrected chi connectivity index (χ3v) is 4.63. The van der Waals surface area contributed by atoms with Gasteiger partial charge >= 0.3 is 6.09 Å². The summed E-state index contributed by atoms with van der Waals surface area (Å²) in [4.78, 5) is 36.0. The average Bonchev–Trinajstić information content (AvgIpc) is 3.12. The van der Waals surface area contributed by atoms with Crippen molar-refractivity contribution < 1.29 is 14.3 Å². The van der Waals surface area contributed by atoms with E-state index in [4.69, 9.17) is 4.74 Å². The predicted octanol–water partition coefficient (Wildman–Crippen LogP) is 2.12. The molecule has 2 aromatic heterocycles. The summed E-state index contributed by atoms with van der Waals surface area (Å²) < 4.78 is 4.98. The molecule has 1 fully saturated rings. The summed E-state index contributed by atoms with van der Waals surface area (Å²) in [6.45, 7) is 4.06. The van der Waals surface area contributed by atoms with Crippen LogP contribution in [0.1, 0.15) is 17.4 Å². The number of pyridine rings is 1. The zero-order valence-electron chi connectivity index (χ0n) is 13.3. The quantitative estimate of drug-likeness (QED) is 0.851. The Morgan fingerprint density at radius 3 is 2.50 bits per heavy atom. The van der Waals surface area contributed by atoms with E-state index < -0.39 is 0 Å². The minimum Gasteiger partial charge on any atom is -0.450 e. The topological polar surface area (TPSA) is 75.6 Å². The number of piperazine rings is 1. The van der Waals surface area contributed by atoms with E-state index in [1.54, 1.807) is 34.5 Å². The SMILES string of the molecule is CCOC(=O)N1CCN(C(=O)c2csc(-c3ccncc3)n2)CC1. The Hall–Kier alpha value is -2.48. The van der Waals surface area contributed by atoms with Crippen LogP contribution in [0.4, 0.5) is 4.79 Å². The highest BCUT2D eigenvalue weighted by Crippen LogP contribution is 2.23. The highest BCUT2D eigenvalue weighted by molar-refractivity contribution is 7.13. The van der Waals surface area contributed by atoms with Gasteiger partial charge in [-0.3, -0.25) is 9.78 Å². The van der Waals surface area contributed by atoms with Gasteiger partial charge in [0.1, 0.15) is 10.7 Å². The highest BCUT2D eigenvalue weighted by atomic mass is 32.1. The van der Waals surface area contributed by atoms with Gasteiger partial charge in [0.2, 0.25) is 0 Å². The van der Waals surface area contributed by atoms with Crippen LogP contribution in [0.5, 0.6) is 0 Å². The third kappa shape index (κ3) is 3.53. The van der Waals surface area contributed by atoms with Crippen molar-refractivity contribution in [1.82, 2.24) is 19.8 Å². The van der Waals surface area contributed by atoms with Crippen LogP contribution in [0.25, 0.3) is 10.6 Å². The Bertz CT molecular complexity index is 711. The van der Waals surface area contributed by atoms with Crippen molar-refractivity contribution >= 4 is 23.3 Å². The first-order chi connectivity index (χ1) is 11.7. The fraction of sp³-hybridized carbons (Fsp3) is 0.375. The van der Waals surface area contributed by atoms with Crippen molar-refractivity contribution in [2.45, 2.75) is 6.92 Å². The fourth-order valence-corrected chi connectivity index (χ4v) is 3.27. The third-order valence-electron chi connectivity index (χ3n) is 3.74. The lowest BCUT2D eigenvalue weighted by molar-refractivity contribution is 0.0566. The number of carbonyl (C=O) groups excluding carboxylic acids is 2. The van der Waals surface area contributed by atoms with Crippen LogP contribution in [0.3, 0.4) is 0 Å². The van der Waals surface area contributed by atoms with E-state index in [1.807, 2.05) is 12.1 Å². The Balaban J connectivity index is 1.62. The van der Waals surface area contributed by atoms with Gasteiger partial charge in [0, 0.05) is 49.5 Å². The first-order valence-electron chi connectivity index (χ1n) is 7.76. The van der Waals surface area contributed by atoms with Crippen molar-refractivity contribution in [1.29, 1.82) is 0 Å². The van der Waals surface area contributed by atoms with Crippen LogP contribution >= 0.6 is 11.3 Å². The number of carbonyl (C=O) groups is 2. The summed E-state index contributed by atoms with van der Waals surface area (Å²) in [6, 6.07) is 3.73. The number of nitrogens with zero attached hydrogens (tertiary/aromatic N) is 4. The normalized spacial score (nSPS) is 14.5.